The number of carbonyl (C=O) groups is 1. The number of fused-ring (bicyclic) bond motifs is 1. The normalized spacial score (nSPS) is 16.3. The first-order valence-corrected chi connectivity index (χ1v) is 9.92. The van der Waals surface area contributed by atoms with Crippen molar-refractivity contribution in [3.63, 3.8) is 0 Å². The molecule has 1 amide bonds. The first-order chi connectivity index (χ1) is 13.5. The highest BCUT2D eigenvalue weighted by Crippen LogP contribution is 2.34. The van der Waals surface area contributed by atoms with Gasteiger partial charge in [0, 0.05) is 29.5 Å². The van der Waals surface area contributed by atoms with Crippen LogP contribution in [0.3, 0.4) is 0 Å². The molecule has 2 aromatic rings. The molecule has 0 atom stereocenters. The van der Waals surface area contributed by atoms with E-state index < -0.39 is 5.82 Å². The molecule has 28 heavy (non-hydrogen) atoms. The molecule has 0 fully saturated rings. The third kappa shape index (κ3) is 3.90. The van der Waals surface area contributed by atoms with Crippen molar-refractivity contribution in [2.75, 3.05) is 29.9 Å². The Morgan fingerprint density at radius 3 is 2.71 bits per heavy atom. The van der Waals surface area contributed by atoms with Gasteiger partial charge in [-0.3, -0.25) is 4.79 Å². The molecule has 0 aliphatic carbocycles. The van der Waals surface area contributed by atoms with E-state index in [9.17, 15) is 13.6 Å². The average Bonchev–Trinajstić information content (AvgIpc) is 2.68. The lowest BCUT2D eigenvalue weighted by Gasteiger charge is -2.29. The Balaban J connectivity index is 1.42. The van der Waals surface area contributed by atoms with E-state index >= 15 is 0 Å². The topological polar surface area (TPSA) is 41.6 Å². The van der Waals surface area contributed by atoms with Gasteiger partial charge in [-0.25, -0.2) is 8.78 Å². The van der Waals surface area contributed by atoms with E-state index in [-0.39, 0.29) is 17.4 Å². The first kappa shape index (κ1) is 18.9. The third-order valence-electron chi connectivity index (χ3n) is 5.05. The van der Waals surface area contributed by atoms with Gasteiger partial charge >= 0.3 is 0 Å². The van der Waals surface area contributed by atoms with Crippen LogP contribution in [0.15, 0.2) is 46.5 Å². The Kier molecular flexibility index (Phi) is 5.35. The maximum atomic E-state index is 14.1. The summed E-state index contributed by atoms with van der Waals surface area (Å²) in [5.41, 5.74) is 2.63. The van der Waals surface area contributed by atoms with E-state index in [0.717, 1.165) is 12.0 Å². The van der Waals surface area contributed by atoms with Crippen LogP contribution in [0, 0.1) is 11.6 Å². The Hall–Kier alpha value is -2.41. The number of nitrogens with one attached hydrogen (secondary N) is 1. The Labute approximate surface area is 170 Å². The number of amides is 1. The van der Waals surface area contributed by atoms with Crippen molar-refractivity contribution in [1.29, 1.82) is 0 Å². The van der Waals surface area contributed by atoms with Crippen molar-refractivity contribution < 1.29 is 18.3 Å². The summed E-state index contributed by atoms with van der Waals surface area (Å²) in [6.45, 7) is 1.70. The van der Waals surface area contributed by atoms with Gasteiger partial charge in [-0.1, -0.05) is 22.0 Å². The van der Waals surface area contributed by atoms with E-state index in [0.29, 0.717) is 54.0 Å². The highest BCUT2D eigenvalue weighted by molar-refractivity contribution is 9.10. The predicted molar refractivity (Wildman–Crippen MR) is 108 cm³/mol. The standard InChI is InChI=1S/C21H19BrF2N2O2/c22-14-1-4-18(17(24)11-14)26-9-7-13(8-10-26)12-28-19-5-3-16(23)21-15(19)2-6-20(27)25-21/h1,3-5,7,11H,2,6,8-10,12H2,(H,25,27). The quantitative estimate of drug-likeness (QED) is 0.681. The summed E-state index contributed by atoms with van der Waals surface area (Å²) in [6, 6.07) is 7.99. The fourth-order valence-corrected chi connectivity index (χ4v) is 3.86. The number of benzene rings is 2. The fourth-order valence-electron chi connectivity index (χ4n) is 3.53. The van der Waals surface area contributed by atoms with Gasteiger partial charge in [0.15, 0.2) is 0 Å². The first-order valence-electron chi connectivity index (χ1n) is 9.13. The lowest BCUT2D eigenvalue weighted by molar-refractivity contribution is -0.116. The zero-order valence-corrected chi connectivity index (χ0v) is 16.7. The average molecular weight is 449 g/mol. The third-order valence-corrected chi connectivity index (χ3v) is 5.55. The Morgan fingerprint density at radius 2 is 1.96 bits per heavy atom. The number of rotatable bonds is 4. The van der Waals surface area contributed by atoms with Crippen LogP contribution < -0.4 is 15.0 Å². The van der Waals surface area contributed by atoms with Crippen LogP contribution in [0.5, 0.6) is 5.75 Å². The van der Waals surface area contributed by atoms with Gasteiger partial charge < -0.3 is 15.0 Å². The van der Waals surface area contributed by atoms with Crippen molar-refractivity contribution in [2.24, 2.45) is 0 Å². The second-order valence-corrected chi connectivity index (χ2v) is 7.81. The Morgan fingerprint density at radius 1 is 1.11 bits per heavy atom. The molecule has 0 bridgehead atoms. The van der Waals surface area contributed by atoms with Gasteiger partial charge in [0.05, 0.1) is 11.4 Å². The molecule has 4 nitrogen and oxygen atoms in total. The van der Waals surface area contributed by atoms with Gasteiger partial charge in [0.25, 0.3) is 0 Å². The smallest absolute Gasteiger partial charge is 0.224 e. The molecule has 0 unspecified atom stereocenters. The van der Waals surface area contributed by atoms with Crippen molar-refractivity contribution in [3.05, 3.63) is 63.7 Å². The van der Waals surface area contributed by atoms with Crippen molar-refractivity contribution in [1.82, 2.24) is 0 Å². The van der Waals surface area contributed by atoms with Crippen LogP contribution >= 0.6 is 15.9 Å². The maximum absolute atomic E-state index is 14.1. The van der Waals surface area contributed by atoms with Crippen LogP contribution in [-0.2, 0) is 11.2 Å². The number of anilines is 2. The maximum Gasteiger partial charge on any atom is 0.224 e. The number of nitrogens with zero attached hydrogens (tertiary/aromatic N) is 1. The van der Waals surface area contributed by atoms with E-state index in [4.69, 9.17) is 4.74 Å². The zero-order valence-electron chi connectivity index (χ0n) is 15.1. The number of carbonyl (C=O) groups excluding carboxylic acids is 1. The summed E-state index contributed by atoms with van der Waals surface area (Å²) in [6.07, 6.45) is 3.59. The largest absolute Gasteiger partial charge is 0.489 e. The van der Waals surface area contributed by atoms with Gasteiger partial charge in [-0.2, -0.15) is 0 Å². The summed E-state index contributed by atoms with van der Waals surface area (Å²) >= 11 is 3.27. The lowest BCUT2D eigenvalue weighted by Crippen LogP contribution is -2.30. The van der Waals surface area contributed by atoms with Crippen LogP contribution in [0.4, 0.5) is 20.2 Å². The minimum absolute atomic E-state index is 0.182. The molecule has 0 spiro atoms. The second-order valence-electron chi connectivity index (χ2n) is 6.89. The summed E-state index contributed by atoms with van der Waals surface area (Å²) < 4.78 is 34.8. The molecule has 2 aromatic carbocycles. The summed E-state index contributed by atoms with van der Waals surface area (Å²) in [4.78, 5) is 13.5. The van der Waals surface area contributed by atoms with E-state index in [2.05, 4.69) is 21.2 Å². The zero-order chi connectivity index (χ0) is 19.7. The van der Waals surface area contributed by atoms with Crippen molar-refractivity contribution in [2.45, 2.75) is 19.3 Å². The molecule has 146 valence electrons. The van der Waals surface area contributed by atoms with Crippen LogP contribution in [0.25, 0.3) is 0 Å². The number of hydrogen-bond donors (Lipinski definition) is 1. The minimum atomic E-state index is -0.445. The molecule has 2 heterocycles. The SMILES string of the molecule is O=C1CCc2c(OCC3=CCN(c4ccc(Br)cc4F)CC3)ccc(F)c2N1. The van der Waals surface area contributed by atoms with Crippen molar-refractivity contribution in [3.8, 4) is 5.75 Å². The van der Waals surface area contributed by atoms with E-state index in [1.807, 2.05) is 17.0 Å². The number of ether oxygens (including phenoxy) is 1. The van der Waals surface area contributed by atoms with Gasteiger partial charge in [-0.15, -0.1) is 0 Å². The molecule has 0 saturated carbocycles. The molecule has 2 aliphatic rings. The van der Waals surface area contributed by atoms with E-state index in [1.54, 1.807) is 12.1 Å². The molecular weight excluding hydrogens is 430 g/mol. The lowest BCUT2D eigenvalue weighted by atomic mass is 10.0. The Bertz CT molecular complexity index is 962. The molecule has 2 aliphatic heterocycles. The van der Waals surface area contributed by atoms with Crippen molar-refractivity contribution >= 4 is 33.2 Å². The predicted octanol–water partition coefficient (Wildman–Crippen LogP) is 4.83. The summed E-state index contributed by atoms with van der Waals surface area (Å²) in [5, 5.41) is 2.59. The summed E-state index contributed by atoms with van der Waals surface area (Å²) in [5.74, 6) is -0.278. The van der Waals surface area contributed by atoms with Crippen LogP contribution in [0.2, 0.25) is 0 Å². The fraction of sp³-hybridized carbons (Fsp3) is 0.286. The number of hydrogen-bond acceptors (Lipinski definition) is 3. The molecule has 0 saturated heterocycles. The highest BCUT2D eigenvalue weighted by atomic mass is 79.9. The minimum Gasteiger partial charge on any atom is -0.489 e. The van der Waals surface area contributed by atoms with Crippen LogP contribution in [-0.4, -0.2) is 25.6 Å². The molecule has 0 radical (unpaired) electrons. The molecule has 7 heteroatoms. The molecule has 0 aromatic heterocycles. The van der Waals surface area contributed by atoms with Gasteiger partial charge in [0.2, 0.25) is 5.91 Å². The number of halogens is 3. The van der Waals surface area contributed by atoms with Gasteiger partial charge in [0.1, 0.15) is 24.0 Å². The van der Waals surface area contributed by atoms with E-state index in [1.165, 1.54) is 12.1 Å². The molecule has 1 N–H and O–H groups in total. The highest BCUT2D eigenvalue weighted by Gasteiger charge is 2.23. The van der Waals surface area contributed by atoms with Gasteiger partial charge in [-0.05, 0) is 48.7 Å². The van der Waals surface area contributed by atoms with Crippen LogP contribution in [0.1, 0.15) is 18.4 Å². The second kappa shape index (κ2) is 7.91. The molecule has 4 rings (SSSR count). The molecular formula is C21H19BrF2N2O2. The monoisotopic (exact) mass is 448 g/mol. The summed E-state index contributed by atoms with van der Waals surface area (Å²) in [7, 11) is 0.